The van der Waals surface area contributed by atoms with Crippen LogP contribution in [0.3, 0.4) is 0 Å². The van der Waals surface area contributed by atoms with E-state index < -0.39 is 13.7 Å². The van der Waals surface area contributed by atoms with Crippen LogP contribution in [0.25, 0.3) is 0 Å². The van der Waals surface area contributed by atoms with Crippen LogP contribution in [-0.4, -0.2) is 31.4 Å². The lowest BCUT2D eigenvalue weighted by molar-refractivity contribution is 0.0430. The molecule has 0 aromatic rings. The van der Waals surface area contributed by atoms with Gasteiger partial charge in [-0.15, -0.1) is 0 Å². The highest BCUT2D eigenvalue weighted by molar-refractivity contribution is 6.79. The van der Waals surface area contributed by atoms with Gasteiger partial charge in [-0.05, 0) is 32.4 Å². The molecule has 0 aromatic heterocycles. The number of nitrogens with one attached hydrogen (secondary N) is 1. The van der Waals surface area contributed by atoms with E-state index in [1.54, 1.807) is 0 Å². The lowest BCUT2D eigenvalue weighted by Gasteiger charge is -2.39. The van der Waals surface area contributed by atoms with Gasteiger partial charge in [-0.3, -0.25) is 0 Å². The van der Waals surface area contributed by atoms with Gasteiger partial charge in [0.05, 0.1) is 13.7 Å². The molecule has 0 spiro atoms. The van der Waals surface area contributed by atoms with Crippen LogP contribution in [-0.2, 0) is 0 Å². The Kier molecular flexibility index (Phi) is 5.01. The van der Waals surface area contributed by atoms with Gasteiger partial charge in [-0.25, -0.2) is 0 Å². The Morgan fingerprint density at radius 1 is 1.25 bits per heavy atom. The molecule has 2 nitrogen and oxygen atoms in total. The van der Waals surface area contributed by atoms with Crippen LogP contribution in [0.5, 0.6) is 0 Å². The summed E-state index contributed by atoms with van der Waals surface area (Å²) in [5, 5.41) is 14.2. The van der Waals surface area contributed by atoms with Crippen LogP contribution in [0, 0.1) is 0 Å². The summed E-state index contributed by atoms with van der Waals surface area (Å²) < 4.78 is 0. The van der Waals surface area contributed by atoms with Gasteiger partial charge in [0, 0.05) is 6.04 Å². The van der Waals surface area contributed by atoms with E-state index in [2.05, 4.69) is 33.0 Å². The number of aliphatic hydroxyl groups is 1. The highest BCUT2D eigenvalue weighted by atomic mass is 28.3. The Morgan fingerprint density at radius 2 is 1.81 bits per heavy atom. The molecule has 1 aliphatic rings. The maximum Gasteiger partial charge on any atom is 0.0749 e. The number of hydrogen-bond donors (Lipinski definition) is 2. The summed E-state index contributed by atoms with van der Waals surface area (Å²) in [6, 6.07) is 5.33. The third-order valence-electron chi connectivity index (χ3n) is 4.79. The molecule has 2 atom stereocenters. The standard InChI is InChI=1S/C13H29NOSi/c1-5-16(6-2,7-3)11-13(4,15)12-9-8-10-14-12/h12,14-15H,5-11H2,1-4H3/t12-,13-/m0/s1. The molecule has 1 heterocycles. The highest BCUT2D eigenvalue weighted by Gasteiger charge is 2.41. The maximum absolute atomic E-state index is 10.7. The molecule has 1 saturated heterocycles. The van der Waals surface area contributed by atoms with Crippen molar-refractivity contribution < 1.29 is 5.11 Å². The summed E-state index contributed by atoms with van der Waals surface area (Å²) in [5.41, 5.74) is -0.481. The largest absolute Gasteiger partial charge is 0.389 e. The summed E-state index contributed by atoms with van der Waals surface area (Å²) in [7, 11) is -1.21. The molecule has 0 unspecified atom stereocenters. The minimum Gasteiger partial charge on any atom is -0.389 e. The number of hydrogen-bond acceptors (Lipinski definition) is 2. The Hall–Kier alpha value is 0.137. The molecule has 0 saturated carbocycles. The lowest BCUT2D eigenvalue weighted by atomic mass is 9.97. The second-order valence-electron chi connectivity index (χ2n) is 5.74. The quantitative estimate of drug-likeness (QED) is 0.703. The molecule has 96 valence electrons. The molecule has 0 radical (unpaired) electrons. The first-order chi connectivity index (χ1) is 7.49. The Bertz CT molecular complexity index is 200. The van der Waals surface area contributed by atoms with Crippen LogP contribution in [0.1, 0.15) is 40.5 Å². The third kappa shape index (κ3) is 3.08. The molecule has 0 aromatic carbocycles. The van der Waals surface area contributed by atoms with Crippen molar-refractivity contribution in [2.75, 3.05) is 6.54 Å². The molecule has 1 fully saturated rings. The van der Waals surface area contributed by atoms with E-state index in [0.29, 0.717) is 6.04 Å². The average Bonchev–Trinajstić information content (AvgIpc) is 2.80. The molecule has 0 bridgehead atoms. The van der Waals surface area contributed by atoms with E-state index >= 15 is 0 Å². The average molecular weight is 243 g/mol. The molecule has 2 N–H and O–H groups in total. The zero-order chi connectivity index (χ0) is 12.2. The molecule has 3 heteroatoms. The van der Waals surface area contributed by atoms with E-state index in [9.17, 15) is 5.11 Å². The van der Waals surface area contributed by atoms with Crippen molar-refractivity contribution in [2.45, 2.75) is 76.4 Å². The third-order valence-corrected chi connectivity index (χ3v) is 10.8. The van der Waals surface area contributed by atoms with Crippen LogP contribution in [0.15, 0.2) is 0 Å². The van der Waals surface area contributed by atoms with Gasteiger partial charge in [0.25, 0.3) is 0 Å². The fourth-order valence-corrected chi connectivity index (χ4v) is 7.24. The van der Waals surface area contributed by atoms with Crippen molar-refractivity contribution in [3.8, 4) is 0 Å². The molecule has 0 amide bonds. The van der Waals surface area contributed by atoms with E-state index in [4.69, 9.17) is 0 Å². The first-order valence-corrected chi connectivity index (χ1v) is 9.78. The lowest BCUT2D eigenvalue weighted by Crippen LogP contribution is -2.51. The predicted molar refractivity (Wildman–Crippen MR) is 73.7 cm³/mol. The van der Waals surface area contributed by atoms with Gasteiger partial charge in [0.1, 0.15) is 0 Å². The molecular weight excluding hydrogens is 214 g/mol. The van der Waals surface area contributed by atoms with Crippen molar-refractivity contribution in [1.29, 1.82) is 0 Å². The first kappa shape index (κ1) is 14.2. The molecule has 1 aliphatic heterocycles. The van der Waals surface area contributed by atoms with Crippen molar-refractivity contribution in [3.05, 3.63) is 0 Å². The van der Waals surface area contributed by atoms with Crippen LogP contribution < -0.4 is 5.32 Å². The summed E-state index contributed by atoms with van der Waals surface area (Å²) >= 11 is 0. The van der Waals surface area contributed by atoms with Crippen LogP contribution in [0.2, 0.25) is 24.2 Å². The van der Waals surface area contributed by atoms with E-state index in [0.717, 1.165) is 19.0 Å². The predicted octanol–water partition coefficient (Wildman–Crippen LogP) is 3.00. The highest BCUT2D eigenvalue weighted by Crippen LogP contribution is 2.34. The van der Waals surface area contributed by atoms with Gasteiger partial charge in [-0.2, -0.15) is 0 Å². The smallest absolute Gasteiger partial charge is 0.0749 e. The minimum absolute atomic E-state index is 0.337. The zero-order valence-electron chi connectivity index (χ0n) is 11.5. The van der Waals surface area contributed by atoms with Gasteiger partial charge in [0.2, 0.25) is 0 Å². The first-order valence-electron chi connectivity index (χ1n) is 6.95. The van der Waals surface area contributed by atoms with Gasteiger partial charge in [-0.1, -0.05) is 38.9 Å². The Labute approximate surface area is 102 Å². The monoisotopic (exact) mass is 243 g/mol. The fraction of sp³-hybridized carbons (Fsp3) is 1.00. The van der Waals surface area contributed by atoms with Crippen molar-refractivity contribution in [2.24, 2.45) is 0 Å². The maximum atomic E-state index is 10.7. The summed E-state index contributed by atoms with van der Waals surface area (Å²) in [6.07, 6.45) is 2.37. The Balaban J connectivity index is 2.68. The Morgan fingerprint density at radius 3 is 2.19 bits per heavy atom. The molecule has 16 heavy (non-hydrogen) atoms. The molecular formula is C13H29NOSi. The fourth-order valence-electron chi connectivity index (χ4n) is 3.22. The van der Waals surface area contributed by atoms with Crippen molar-refractivity contribution in [3.63, 3.8) is 0 Å². The van der Waals surface area contributed by atoms with E-state index in [1.807, 2.05) is 0 Å². The second kappa shape index (κ2) is 5.65. The zero-order valence-corrected chi connectivity index (χ0v) is 12.5. The van der Waals surface area contributed by atoms with Crippen LogP contribution in [0.4, 0.5) is 0 Å². The summed E-state index contributed by atoms with van der Waals surface area (Å²) in [6.45, 7) is 10.1. The van der Waals surface area contributed by atoms with Crippen LogP contribution >= 0.6 is 0 Å². The van der Waals surface area contributed by atoms with Crippen molar-refractivity contribution >= 4 is 8.07 Å². The summed E-state index contributed by atoms with van der Waals surface area (Å²) in [4.78, 5) is 0. The molecule has 1 rings (SSSR count). The number of rotatable bonds is 6. The van der Waals surface area contributed by atoms with E-state index in [-0.39, 0.29) is 0 Å². The second-order valence-corrected chi connectivity index (χ2v) is 11.2. The minimum atomic E-state index is -1.21. The normalized spacial score (nSPS) is 25.7. The van der Waals surface area contributed by atoms with Gasteiger partial charge in [0.15, 0.2) is 0 Å². The summed E-state index contributed by atoms with van der Waals surface area (Å²) in [5.74, 6) is 0. The molecule has 0 aliphatic carbocycles. The van der Waals surface area contributed by atoms with Crippen molar-refractivity contribution in [1.82, 2.24) is 5.32 Å². The topological polar surface area (TPSA) is 32.3 Å². The SMILES string of the molecule is CC[Si](CC)(CC)C[C@](C)(O)[C@@H]1CCCN1. The van der Waals surface area contributed by atoms with E-state index in [1.165, 1.54) is 24.6 Å². The van der Waals surface area contributed by atoms with Gasteiger partial charge >= 0.3 is 0 Å². The van der Waals surface area contributed by atoms with Gasteiger partial charge < -0.3 is 10.4 Å².